The number of ether oxygens (including phenoxy) is 3. The van der Waals surface area contributed by atoms with Gasteiger partial charge in [0.05, 0.1) is 24.9 Å². The smallest absolute Gasteiger partial charge is 0.329 e. The molecule has 0 radical (unpaired) electrons. The van der Waals surface area contributed by atoms with E-state index in [0.29, 0.717) is 30.0 Å². The Kier molecular flexibility index (Phi) is 7.00. The molecule has 0 aliphatic heterocycles. The van der Waals surface area contributed by atoms with Gasteiger partial charge in [0.2, 0.25) is 0 Å². The van der Waals surface area contributed by atoms with Crippen LogP contribution in [0, 0.1) is 0 Å². The molecule has 7 nitrogen and oxygen atoms in total. The van der Waals surface area contributed by atoms with Crippen molar-refractivity contribution >= 4 is 27.5 Å². The van der Waals surface area contributed by atoms with Gasteiger partial charge >= 0.3 is 5.97 Å². The molecule has 0 amide bonds. The summed E-state index contributed by atoms with van der Waals surface area (Å²) in [5.74, 6) is 0.278. The van der Waals surface area contributed by atoms with Crippen LogP contribution in [-0.4, -0.2) is 41.9 Å². The van der Waals surface area contributed by atoms with E-state index in [4.69, 9.17) is 14.2 Å². The van der Waals surface area contributed by atoms with Gasteiger partial charge in [-0.25, -0.2) is 9.78 Å². The molecule has 1 aromatic carbocycles. The lowest BCUT2D eigenvalue weighted by atomic mass is 10.1. The quantitative estimate of drug-likeness (QED) is 0.391. The molecule has 8 heteroatoms. The number of thiophene rings is 1. The third kappa shape index (κ3) is 4.65. The normalized spacial score (nSPS) is 12.1. The highest BCUT2D eigenvalue weighted by Gasteiger charge is 2.21. The van der Waals surface area contributed by atoms with Crippen LogP contribution in [0.15, 0.2) is 40.8 Å². The summed E-state index contributed by atoms with van der Waals surface area (Å²) in [6.07, 6.45) is 1.40. The predicted octanol–water partition coefficient (Wildman–Crippen LogP) is 3.66. The SMILES string of the molecule is CCOCCOC(=O)[C@H](C)n1cnc2scc(-c3ccc(OCC)cc3)c2c1=O. The van der Waals surface area contributed by atoms with Crippen molar-refractivity contribution in [2.45, 2.75) is 26.8 Å². The lowest BCUT2D eigenvalue weighted by Crippen LogP contribution is -2.30. The van der Waals surface area contributed by atoms with Crippen molar-refractivity contribution < 1.29 is 19.0 Å². The lowest BCUT2D eigenvalue weighted by Gasteiger charge is -2.14. The zero-order chi connectivity index (χ0) is 20.8. The standard InChI is InChI=1S/C21H24N2O5S/c1-4-26-10-11-28-21(25)14(3)23-13-22-19-18(20(23)24)17(12-29-19)15-6-8-16(9-7-15)27-5-2/h6-9,12-14H,4-5,10-11H2,1-3H3/t14-/m0/s1. The first-order valence-corrected chi connectivity index (χ1v) is 10.4. The van der Waals surface area contributed by atoms with Crippen LogP contribution in [0.5, 0.6) is 5.75 Å². The Hall–Kier alpha value is -2.71. The molecule has 0 fully saturated rings. The van der Waals surface area contributed by atoms with E-state index in [1.165, 1.54) is 22.2 Å². The zero-order valence-electron chi connectivity index (χ0n) is 16.7. The number of carbonyl (C=O) groups is 1. The van der Waals surface area contributed by atoms with Gasteiger partial charge in [0.1, 0.15) is 23.2 Å². The van der Waals surface area contributed by atoms with E-state index >= 15 is 0 Å². The molecule has 2 heterocycles. The Morgan fingerprint density at radius 1 is 1.17 bits per heavy atom. The van der Waals surface area contributed by atoms with Gasteiger partial charge in [-0.05, 0) is 38.5 Å². The minimum absolute atomic E-state index is 0.150. The number of benzene rings is 1. The minimum Gasteiger partial charge on any atom is -0.494 e. The first kappa shape index (κ1) is 21.0. The molecule has 0 N–H and O–H groups in total. The Morgan fingerprint density at radius 2 is 1.93 bits per heavy atom. The Balaban J connectivity index is 1.90. The van der Waals surface area contributed by atoms with E-state index in [-0.39, 0.29) is 12.2 Å². The van der Waals surface area contributed by atoms with Crippen LogP contribution in [0.25, 0.3) is 21.3 Å². The van der Waals surface area contributed by atoms with Crippen molar-refractivity contribution in [2.75, 3.05) is 26.4 Å². The molecule has 0 unspecified atom stereocenters. The van der Waals surface area contributed by atoms with Crippen molar-refractivity contribution in [1.82, 2.24) is 9.55 Å². The summed E-state index contributed by atoms with van der Waals surface area (Å²) < 4.78 is 17.2. The van der Waals surface area contributed by atoms with Crippen LogP contribution in [-0.2, 0) is 14.3 Å². The summed E-state index contributed by atoms with van der Waals surface area (Å²) in [4.78, 5) is 30.5. The topological polar surface area (TPSA) is 79.7 Å². The maximum atomic E-state index is 13.1. The number of nitrogens with zero attached hydrogens (tertiary/aromatic N) is 2. The van der Waals surface area contributed by atoms with Crippen LogP contribution >= 0.6 is 11.3 Å². The fraction of sp³-hybridized carbons (Fsp3) is 0.381. The van der Waals surface area contributed by atoms with Crippen molar-refractivity contribution in [3.63, 3.8) is 0 Å². The highest BCUT2D eigenvalue weighted by Crippen LogP contribution is 2.31. The first-order chi connectivity index (χ1) is 14.1. The Morgan fingerprint density at radius 3 is 2.62 bits per heavy atom. The monoisotopic (exact) mass is 416 g/mol. The molecule has 0 bridgehead atoms. The number of hydrogen-bond acceptors (Lipinski definition) is 7. The Bertz CT molecular complexity index is 1030. The molecule has 0 saturated carbocycles. The number of aromatic nitrogens is 2. The molecule has 0 aliphatic carbocycles. The van der Waals surface area contributed by atoms with Gasteiger partial charge in [-0.1, -0.05) is 12.1 Å². The fourth-order valence-corrected chi connectivity index (χ4v) is 3.82. The predicted molar refractivity (Wildman–Crippen MR) is 113 cm³/mol. The second kappa shape index (κ2) is 9.67. The zero-order valence-corrected chi connectivity index (χ0v) is 17.5. The minimum atomic E-state index is -0.783. The van der Waals surface area contributed by atoms with Gasteiger partial charge in [-0.2, -0.15) is 0 Å². The maximum absolute atomic E-state index is 13.1. The second-order valence-corrected chi connectivity index (χ2v) is 7.14. The largest absolute Gasteiger partial charge is 0.494 e. The van der Waals surface area contributed by atoms with Crippen LogP contribution in [0.1, 0.15) is 26.8 Å². The molecule has 2 aromatic heterocycles. The molecular weight excluding hydrogens is 392 g/mol. The molecule has 29 heavy (non-hydrogen) atoms. The summed E-state index contributed by atoms with van der Waals surface area (Å²) in [5.41, 5.74) is 1.41. The van der Waals surface area contributed by atoms with Crippen molar-refractivity contribution in [1.29, 1.82) is 0 Å². The number of rotatable bonds is 9. The van der Waals surface area contributed by atoms with Gasteiger partial charge in [0.25, 0.3) is 5.56 Å². The third-order valence-corrected chi connectivity index (χ3v) is 5.32. The van der Waals surface area contributed by atoms with Gasteiger partial charge in [-0.15, -0.1) is 11.3 Å². The van der Waals surface area contributed by atoms with Gasteiger partial charge in [0.15, 0.2) is 0 Å². The number of hydrogen-bond donors (Lipinski definition) is 0. The number of carbonyl (C=O) groups excluding carboxylic acids is 1. The van der Waals surface area contributed by atoms with E-state index in [1.807, 2.05) is 43.5 Å². The van der Waals surface area contributed by atoms with Gasteiger partial charge in [-0.3, -0.25) is 9.36 Å². The number of fused-ring (bicyclic) bond motifs is 1. The third-order valence-electron chi connectivity index (χ3n) is 4.43. The van der Waals surface area contributed by atoms with E-state index in [1.54, 1.807) is 6.92 Å². The van der Waals surface area contributed by atoms with E-state index in [9.17, 15) is 9.59 Å². The first-order valence-electron chi connectivity index (χ1n) is 9.52. The molecule has 0 saturated heterocycles. The van der Waals surface area contributed by atoms with Crippen LogP contribution in [0.4, 0.5) is 0 Å². The lowest BCUT2D eigenvalue weighted by molar-refractivity contribution is -0.148. The second-order valence-electron chi connectivity index (χ2n) is 6.28. The highest BCUT2D eigenvalue weighted by molar-refractivity contribution is 7.17. The van der Waals surface area contributed by atoms with E-state index in [0.717, 1.165) is 16.9 Å². The van der Waals surface area contributed by atoms with Crippen LogP contribution in [0.2, 0.25) is 0 Å². The molecule has 0 spiro atoms. The maximum Gasteiger partial charge on any atom is 0.329 e. The summed E-state index contributed by atoms with van der Waals surface area (Å²) in [6, 6.07) is 6.78. The van der Waals surface area contributed by atoms with Crippen molar-refractivity contribution in [2.24, 2.45) is 0 Å². The average molecular weight is 416 g/mol. The molecule has 3 aromatic rings. The van der Waals surface area contributed by atoms with E-state index < -0.39 is 12.0 Å². The Labute approximate surface area is 172 Å². The van der Waals surface area contributed by atoms with E-state index in [2.05, 4.69) is 4.98 Å². The molecule has 0 aliphatic rings. The van der Waals surface area contributed by atoms with Gasteiger partial charge < -0.3 is 14.2 Å². The number of esters is 1. The summed E-state index contributed by atoms with van der Waals surface area (Å²) in [5, 5.41) is 2.40. The molecule has 1 atom stereocenters. The fourth-order valence-electron chi connectivity index (χ4n) is 2.91. The van der Waals surface area contributed by atoms with Gasteiger partial charge in [0, 0.05) is 17.6 Å². The summed E-state index contributed by atoms with van der Waals surface area (Å²) >= 11 is 1.40. The van der Waals surface area contributed by atoms with Crippen molar-refractivity contribution in [3.8, 4) is 16.9 Å². The van der Waals surface area contributed by atoms with Crippen LogP contribution < -0.4 is 10.3 Å². The molecular formula is C21H24N2O5S. The van der Waals surface area contributed by atoms with Crippen LogP contribution in [0.3, 0.4) is 0 Å². The van der Waals surface area contributed by atoms with Crippen molar-refractivity contribution in [3.05, 3.63) is 46.3 Å². The average Bonchev–Trinajstić information content (AvgIpc) is 3.17. The highest BCUT2D eigenvalue weighted by atomic mass is 32.1. The molecule has 154 valence electrons. The molecule has 3 rings (SSSR count). The summed E-state index contributed by atoms with van der Waals surface area (Å²) in [7, 11) is 0. The summed E-state index contributed by atoms with van der Waals surface area (Å²) in [6.45, 7) is 7.05.